The highest BCUT2D eigenvalue weighted by Gasteiger charge is 2.17. The maximum absolute atomic E-state index is 12.1. The highest BCUT2D eigenvalue weighted by molar-refractivity contribution is 9.10. The summed E-state index contributed by atoms with van der Waals surface area (Å²) in [5.41, 5.74) is -0.210. The smallest absolute Gasteiger partial charge is 0.338 e. The fourth-order valence-electron chi connectivity index (χ4n) is 1.56. The molecule has 0 aliphatic carbocycles. The first kappa shape index (κ1) is 15.1. The van der Waals surface area contributed by atoms with Gasteiger partial charge in [0.1, 0.15) is 5.00 Å². The standard InChI is InChI=1S/C12H7BrN2O5S/c13-7-3-6(4-8(5-7)15(19)20)10(16)14-11-9(12(17)18)1-2-21-11/h1-5H,(H,14,16)(H,17,18). The fourth-order valence-corrected chi connectivity index (χ4v) is 2.82. The lowest BCUT2D eigenvalue weighted by molar-refractivity contribution is -0.384. The Morgan fingerprint density at radius 3 is 2.67 bits per heavy atom. The molecule has 9 heteroatoms. The molecule has 0 saturated carbocycles. The number of amides is 1. The van der Waals surface area contributed by atoms with E-state index in [-0.39, 0.29) is 21.8 Å². The predicted octanol–water partition coefficient (Wildman–Crippen LogP) is 3.37. The molecule has 0 bridgehead atoms. The minimum Gasteiger partial charge on any atom is -0.478 e. The van der Waals surface area contributed by atoms with Crippen LogP contribution >= 0.6 is 27.3 Å². The third-order valence-electron chi connectivity index (χ3n) is 2.48. The van der Waals surface area contributed by atoms with Crippen LogP contribution in [0.15, 0.2) is 34.1 Å². The summed E-state index contributed by atoms with van der Waals surface area (Å²) < 4.78 is 0.381. The highest BCUT2D eigenvalue weighted by Crippen LogP contribution is 2.26. The number of hydrogen-bond acceptors (Lipinski definition) is 5. The zero-order valence-corrected chi connectivity index (χ0v) is 12.6. The number of thiophene rings is 1. The van der Waals surface area contributed by atoms with Crippen LogP contribution in [0.25, 0.3) is 0 Å². The van der Waals surface area contributed by atoms with Crippen molar-refractivity contribution in [3.8, 4) is 0 Å². The summed E-state index contributed by atoms with van der Waals surface area (Å²) in [6.45, 7) is 0. The molecule has 7 nitrogen and oxygen atoms in total. The van der Waals surface area contributed by atoms with Crippen LogP contribution in [0.4, 0.5) is 10.7 Å². The van der Waals surface area contributed by atoms with E-state index in [1.165, 1.54) is 23.6 Å². The zero-order chi connectivity index (χ0) is 15.6. The zero-order valence-electron chi connectivity index (χ0n) is 10.2. The van der Waals surface area contributed by atoms with Crippen molar-refractivity contribution in [3.63, 3.8) is 0 Å². The Labute approximate surface area is 130 Å². The Morgan fingerprint density at radius 2 is 2.05 bits per heavy atom. The van der Waals surface area contributed by atoms with E-state index in [1.807, 2.05) is 0 Å². The molecule has 1 amide bonds. The van der Waals surface area contributed by atoms with Crippen LogP contribution < -0.4 is 5.32 Å². The van der Waals surface area contributed by atoms with Gasteiger partial charge in [-0.1, -0.05) is 15.9 Å². The first-order valence-corrected chi connectivity index (χ1v) is 7.13. The number of hydrogen-bond donors (Lipinski definition) is 2. The number of carboxylic acids is 1. The number of halogens is 1. The SMILES string of the molecule is O=C(Nc1sccc1C(=O)O)c1cc(Br)cc([N+](=O)[O-])c1. The van der Waals surface area contributed by atoms with E-state index >= 15 is 0 Å². The average molecular weight is 371 g/mol. The molecule has 21 heavy (non-hydrogen) atoms. The molecule has 1 aromatic heterocycles. The number of benzene rings is 1. The molecule has 108 valence electrons. The Hall–Kier alpha value is -2.26. The molecule has 0 atom stereocenters. The van der Waals surface area contributed by atoms with Crippen LogP contribution in [0.3, 0.4) is 0 Å². The molecule has 1 heterocycles. The molecule has 0 fully saturated rings. The van der Waals surface area contributed by atoms with Crippen molar-refractivity contribution in [2.75, 3.05) is 5.32 Å². The molecule has 0 aliphatic heterocycles. The summed E-state index contributed by atoms with van der Waals surface area (Å²) in [4.78, 5) is 33.2. The number of non-ortho nitro benzene ring substituents is 1. The summed E-state index contributed by atoms with van der Waals surface area (Å²) >= 11 is 4.15. The molecule has 0 aliphatic rings. The first-order chi connectivity index (χ1) is 9.88. The van der Waals surface area contributed by atoms with E-state index in [0.29, 0.717) is 4.47 Å². The normalized spacial score (nSPS) is 10.1. The lowest BCUT2D eigenvalue weighted by Gasteiger charge is -2.05. The number of nitrogens with one attached hydrogen (secondary N) is 1. The second kappa shape index (κ2) is 6.02. The minimum absolute atomic E-state index is 0.0298. The van der Waals surface area contributed by atoms with Gasteiger partial charge in [0, 0.05) is 22.2 Å². The van der Waals surface area contributed by atoms with Gasteiger partial charge in [-0.25, -0.2) is 4.79 Å². The van der Waals surface area contributed by atoms with Gasteiger partial charge in [0.25, 0.3) is 11.6 Å². The van der Waals surface area contributed by atoms with E-state index in [4.69, 9.17) is 5.11 Å². The summed E-state index contributed by atoms with van der Waals surface area (Å²) in [5.74, 6) is -1.78. The molecular formula is C12H7BrN2O5S. The van der Waals surface area contributed by atoms with Crippen molar-refractivity contribution < 1.29 is 19.6 Å². The lowest BCUT2D eigenvalue weighted by Crippen LogP contribution is -2.13. The van der Waals surface area contributed by atoms with Crippen molar-refractivity contribution >= 4 is 49.8 Å². The van der Waals surface area contributed by atoms with Crippen molar-refractivity contribution in [3.05, 3.63) is 55.4 Å². The molecule has 0 radical (unpaired) electrons. The maximum Gasteiger partial charge on any atom is 0.338 e. The van der Waals surface area contributed by atoms with Gasteiger partial charge in [0.05, 0.1) is 10.5 Å². The monoisotopic (exact) mass is 370 g/mol. The van der Waals surface area contributed by atoms with E-state index in [0.717, 1.165) is 17.4 Å². The van der Waals surface area contributed by atoms with Gasteiger partial charge in [-0.15, -0.1) is 11.3 Å². The topological polar surface area (TPSA) is 110 Å². The Kier molecular flexibility index (Phi) is 4.34. The van der Waals surface area contributed by atoms with Crippen LogP contribution in [0.5, 0.6) is 0 Å². The summed E-state index contributed by atoms with van der Waals surface area (Å²) in [6, 6.07) is 5.17. The molecule has 2 aromatic rings. The van der Waals surface area contributed by atoms with Gasteiger partial charge in [0.15, 0.2) is 0 Å². The second-order valence-corrected chi connectivity index (χ2v) is 5.71. The van der Waals surface area contributed by atoms with Crippen molar-refractivity contribution in [1.82, 2.24) is 0 Å². The van der Waals surface area contributed by atoms with Gasteiger partial charge in [-0.2, -0.15) is 0 Å². The Bertz CT molecular complexity index is 743. The van der Waals surface area contributed by atoms with Crippen molar-refractivity contribution in [1.29, 1.82) is 0 Å². The van der Waals surface area contributed by atoms with Gasteiger partial charge < -0.3 is 10.4 Å². The van der Waals surface area contributed by atoms with E-state index in [9.17, 15) is 19.7 Å². The van der Waals surface area contributed by atoms with Crippen LogP contribution in [-0.4, -0.2) is 21.9 Å². The van der Waals surface area contributed by atoms with Crippen LogP contribution in [-0.2, 0) is 0 Å². The van der Waals surface area contributed by atoms with Crippen LogP contribution in [0.2, 0.25) is 0 Å². The third-order valence-corrected chi connectivity index (χ3v) is 3.77. The summed E-state index contributed by atoms with van der Waals surface area (Å²) in [6.07, 6.45) is 0. The number of nitro benzene ring substituents is 1. The average Bonchev–Trinajstić information content (AvgIpc) is 2.86. The predicted molar refractivity (Wildman–Crippen MR) is 80.0 cm³/mol. The number of carbonyl (C=O) groups excluding carboxylic acids is 1. The first-order valence-electron chi connectivity index (χ1n) is 5.45. The molecule has 2 rings (SSSR count). The summed E-state index contributed by atoms with van der Waals surface area (Å²) in [5, 5.41) is 23.9. The van der Waals surface area contributed by atoms with Crippen LogP contribution in [0.1, 0.15) is 20.7 Å². The molecule has 2 N–H and O–H groups in total. The third kappa shape index (κ3) is 3.44. The Balaban J connectivity index is 2.30. The maximum atomic E-state index is 12.1. The number of anilines is 1. The Morgan fingerprint density at radius 1 is 1.33 bits per heavy atom. The molecule has 0 spiro atoms. The van der Waals surface area contributed by atoms with Gasteiger partial charge in [-0.05, 0) is 17.5 Å². The largest absolute Gasteiger partial charge is 0.478 e. The summed E-state index contributed by atoms with van der Waals surface area (Å²) in [7, 11) is 0. The quantitative estimate of drug-likeness (QED) is 0.633. The number of nitro groups is 1. The van der Waals surface area contributed by atoms with Crippen molar-refractivity contribution in [2.45, 2.75) is 0 Å². The number of aromatic carboxylic acids is 1. The molecule has 0 unspecified atom stereocenters. The van der Waals surface area contributed by atoms with Gasteiger partial charge in [-0.3, -0.25) is 14.9 Å². The molecular weight excluding hydrogens is 364 g/mol. The molecule has 0 saturated heterocycles. The van der Waals surface area contributed by atoms with Crippen LogP contribution in [0, 0.1) is 10.1 Å². The highest BCUT2D eigenvalue weighted by atomic mass is 79.9. The number of carbonyl (C=O) groups is 2. The van der Waals surface area contributed by atoms with E-state index < -0.39 is 16.8 Å². The van der Waals surface area contributed by atoms with Gasteiger partial charge in [0.2, 0.25) is 0 Å². The number of nitrogens with zero attached hydrogens (tertiary/aromatic N) is 1. The molecule has 1 aromatic carbocycles. The fraction of sp³-hybridized carbons (Fsp3) is 0. The van der Waals surface area contributed by atoms with E-state index in [2.05, 4.69) is 21.2 Å². The lowest BCUT2D eigenvalue weighted by atomic mass is 10.2. The van der Waals surface area contributed by atoms with E-state index in [1.54, 1.807) is 0 Å². The number of carboxylic acid groups (broad SMARTS) is 1. The number of rotatable bonds is 4. The van der Waals surface area contributed by atoms with Crippen molar-refractivity contribution in [2.24, 2.45) is 0 Å². The van der Waals surface area contributed by atoms with Gasteiger partial charge >= 0.3 is 5.97 Å². The minimum atomic E-state index is -1.16. The second-order valence-electron chi connectivity index (χ2n) is 3.88.